The van der Waals surface area contributed by atoms with Gasteiger partial charge in [0.25, 0.3) is 0 Å². The van der Waals surface area contributed by atoms with Crippen molar-refractivity contribution in [3.63, 3.8) is 0 Å². The lowest BCUT2D eigenvalue weighted by Gasteiger charge is -2.06. The summed E-state index contributed by atoms with van der Waals surface area (Å²) in [7, 11) is -3.09. The zero-order valence-corrected chi connectivity index (χ0v) is 12.4. The Hall–Kier alpha value is -1.65. The molecule has 2 rings (SSSR count). The van der Waals surface area contributed by atoms with E-state index in [-0.39, 0.29) is 5.75 Å². The Bertz CT molecular complexity index is 634. The molecule has 0 aliphatic rings. The van der Waals surface area contributed by atoms with Gasteiger partial charge in [-0.1, -0.05) is 54.6 Å². The van der Waals surface area contributed by atoms with Gasteiger partial charge in [0.15, 0.2) is 0 Å². The van der Waals surface area contributed by atoms with Crippen LogP contribution in [0.2, 0.25) is 0 Å². The minimum absolute atomic E-state index is 0.125. The fourth-order valence-electron chi connectivity index (χ4n) is 1.95. The molecule has 1 N–H and O–H groups in total. The zero-order valence-electron chi connectivity index (χ0n) is 11.5. The average Bonchev–Trinajstić information content (AvgIpc) is 2.49. The van der Waals surface area contributed by atoms with E-state index in [1.54, 1.807) is 6.92 Å². The van der Waals surface area contributed by atoms with Crippen LogP contribution >= 0.6 is 0 Å². The van der Waals surface area contributed by atoms with Gasteiger partial charge in [-0.15, -0.1) is 0 Å². The third-order valence-corrected chi connectivity index (χ3v) is 4.58. The number of sulfonamides is 1. The van der Waals surface area contributed by atoms with Gasteiger partial charge in [-0.3, -0.25) is 0 Å². The van der Waals surface area contributed by atoms with Crippen molar-refractivity contribution in [3.05, 3.63) is 60.2 Å². The second kappa shape index (κ2) is 6.68. The summed E-state index contributed by atoms with van der Waals surface area (Å²) < 4.78 is 25.2. The van der Waals surface area contributed by atoms with Crippen LogP contribution < -0.4 is 4.72 Å². The molecule has 0 aliphatic heterocycles. The Balaban J connectivity index is 1.96. The molecule has 0 unspecified atom stereocenters. The van der Waals surface area contributed by atoms with Gasteiger partial charge in [0, 0.05) is 6.54 Å². The van der Waals surface area contributed by atoms with E-state index < -0.39 is 10.0 Å². The van der Waals surface area contributed by atoms with Gasteiger partial charge in [-0.05, 0) is 30.0 Å². The molecule has 3 nitrogen and oxygen atoms in total. The highest BCUT2D eigenvalue weighted by Gasteiger charge is 2.05. The smallest absolute Gasteiger partial charge is 0.211 e. The van der Waals surface area contributed by atoms with Crippen LogP contribution in [0.3, 0.4) is 0 Å². The van der Waals surface area contributed by atoms with Crippen LogP contribution in [0.5, 0.6) is 0 Å². The van der Waals surface area contributed by atoms with Gasteiger partial charge in [-0.25, -0.2) is 13.1 Å². The van der Waals surface area contributed by atoms with Crippen LogP contribution in [0.25, 0.3) is 11.1 Å². The monoisotopic (exact) mass is 289 g/mol. The molecule has 0 saturated carbocycles. The molecule has 20 heavy (non-hydrogen) atoms. The first-order chi connectivity index (χ1) is 9.61. The lowest BCUT2D eigenvalue weighted by atomic mass is 10.0. The highest BCUT2D eigenvalue weighted by Crippen LogP contribution is 2.19. The van der Waals surface area contributed by atoms with Crippen LogP contribution in [0.15, 0.2) is 54.6 Å². The summed E-state index contributed by atoms with van der Waals surface area (Å²) in [5, 5.41) is 0. The van der Waals surface area contributed by atoms with Crippen molar-refractivity contribution in [1.82, 2.24) is 4.72 Å². The van der Waals surface area contributed by atoms with Gasteiger partial charge < -0.3 is 0 Å². The summed E-state index contributed by atoms with van der Waals surface area (Å²) in [6, 6.07) is 18.4. The van der Waals surface area contributed by atoms with Gasteiger partial charge in [0.2, 0.25) is 10.0 Å². The fourth-order valence-corrected chi connectivity index (χ4v) is 2.56. The first kappa shape index (κ1) is 14.8. The van der Waals surface area contributed by atoms with E-state index >= 15 is 0 Å². The molecule has 0 fully saturated rings. The minimum Gasteiger partial charge on any atom is -0.215 e. The Morgan fingerprint density at radius 2 is 1.50 bits per heavy atom. The van der Waals surface area contributed by atoms with Crippen molar-refractivity contribution in [1.29, 1.82) is 0 Å². The van der Waals surface area contributed by atoms with Gasteiger partial charge >= 0.3 is 0 Å². The van der Waals surface area contributed by atoms with Crippen LogP contribution in [0.4, 0.5) is 0 Å². The molecule has 0 spiro atoms. The maximum absolute atomic E-state index is 11.3. The summed E-state index contributed by atoms with van der Waals surface area (Å²) in [6.07, 6.45) is 0.703. The Labute approximate surface area is 120 Å². The Morgan fingerprint density at radius 3 is 2.10 bits per heavy atom. The van der Waals surface area contributed by atoms with Crippen molar-refractivity contribution < 1.29 is 8.42 Å². The molecule has 0 aromatic heterocycles. The number of benzene rings is 2. The third-order valence-electron chi connectivity index (χ3n) is 3.18. The zero-order chi connectivity index (χ0) is 14.4. The van der Waals surface area contributed by atoms with Crippen LogP contribution in [0, 0.1) is 0 Å². The van der Waals surface area contributed by atoms with Crippen molar-refractivity contribution >= 4 is 10.0 Å². The fraction of sp³-hybridized carbons (Fsp3) is 0.250. The Morgan fingerprint density at radius 1 is 0.900 bits per heavy atom. The largest absolute Gasteiger partial charge is 0.215 e. The van der Waals surface area contributed by atoms with E-state index in [2.05, 4.69) is 29.0 Å². The van der Waals surface area contributed by atoms with Crippen molar-refractivity contribution in [2.75, 3.05) is 12.3 Å². The van der Waals surface area contributed by atoms with Gasteiger partial charge in [0.1, 0.15) is 0 Å². The molecular weight excluding hydrogens is 270 g/mol. The molecule has 0 aliphatic carbocycles. The average molecular weight is 289 g/mol. The van der Waals surface area contributed by atoms with Gasteiger partial charge in [-0.2, -0.15) is 0 Å². The summed E-state index contributed by atoms with van der Waals surface area (Å²) in [4.78, 5) is 0. The van der Waals surface area contributed by atoms with Crippen molar-refractivity contribution in [3.8, 4) is 11.1 Å². The van der Waals surface area contributed by atoms with Crippen LogP contribution in [-0.4, -0.2) is 20.7 Å². The van der Waals surface area contributed by atoms with E-state index in [0.717, 1.165) is 5.56 Å². The maximum Gasteiger partial charge on any atom is 0.211 e. The minimum atomic E-state index is -3.09. The maximum atomic E-state index is 11.3. The summed E-state index contributed by atoms with van der Waals surface area (Å²) in [5.41, 5.74) is 3.48. The van der Waals surface area contributed by atoms with E-state index in [4.69, 9.17) is 0 Å². The molecule has 0 bridgehead atoms. The van der Waals surface area contributed by atoms with Crippen molar-refractivity contribution in [2.24, 2.45) is 0 Å². The van der Waals surface area contributed by atoms with Crippen molar-refractivity contribution in [2.45, 2.75) is 13.3 Å². The molecule has 0 atom stereocenters. The second-order valence-corrected chi connectivity index (χ2v) is 6.71. The van der Waals surface area contributed by atoms with Crippen LogP contribution in [-0.2, 0) is 16.4 Å². The Kier molecular flexibility index (Phi) is 4.93. The van der Waals surface area contributed by atoms with E-state index in [0.29, 0.717) is 13.0 Å². The van der Waals surface area contributed by atoms with E-state index in [1.165, 1.54) is 11.1 Å². The summed E-state index contributed by atoms with van der Waals surface area (Å²) in [6.45, 7) is 2.08. The van der Waals surface area contributed by atoms with Crippen LogP contribution in [0.1, 0.15) is 12.5 Å². The normalized spacial score (nSPS) is 11.4. The predicted molar refractivity (Wildman–Crippen MR) is 83.0 cm³/mol. The molecule has 0 amide bonds. The lowest BCUT2D eigenvalue weighted by molar-refractivity contribution is 0.583. The SMILES string of the molecule is CCS(=O)(=O)NCCc1ccc(-c2ccccc2)cc1. The number of nitrogens with one attached hydrogen (secondary N) is 1. The molecule has 4 heteroatoms. The second-order valence-electron chi connectivity index (χ2n) is 4.61. The first-order valence-electron chi connectivity index (χ1n) is 6.72. The number of hydrogen-bond donors (Lipinski definition) is 1. The summed E-state index contributed by atoms with van der Waals surface area (Å²) >= 11 is 0. The van der Waals surface area contributed by atoms with E-state index in [1.807, 2.05) is 30.3 Å². The molecule has 2 aromatic rings. The van der Waals surface area contributed by atoms with Gasteiger partial charge in [0.05, 0.1) is 5.75 Å². The number of rotatable bonds is 6. The molecule has 2 aromatic carbocycles. The highest BCUT2D eigenvalue weighted by atomic mass is 32.2. The highest BCUT2D eigenvalue weighted by molar-refractivity contribution is 7.89. The molecule has 0 saturated heterocycles. The molecule has 0 heterocycles. The van der Waals surface area contributed by atoms with E-state index in [9.17, 15) is 8.42 Å². The quantitative estimate of drug-likeness (QED) is 0.889. The number of hydrogen-bond acceptors (Lipinski definition) is 2. The molecular formula is C16H19NO2S. The lowest BCUT2D eigenvalue weighted by Crippen LogP contribution is -2.27. The molecule has 0 radical (unpaired) electrons. The predicted octanol–water partition coefficient (Wildman–Crippen LogP) is 2.84. The summed E-state index contributed by atoms with van der Waals surface area (Å²) in [5.74, 6) is 0.125. The standard InChI is InChI=1S/C16H19NO2S/c1-2-20(18,19)17-13-12-14-8-10-16(11-9-14)15-6-4-3-5-7-15/h3-11,17H,2,12-13H2,1H3. The molecule has 106 valence electrons. The topological polar surface area (TPSA) is 46.2 Å². The third kappa shape index (κ3) is 4.18. The first-order valence-corrected chi connectivity index (χ1v) is 8.37.